The van der Waals surface area contributed by atoms with Crippen molar-refractivity contribution in [1.29, 1.82) is 0 Å². The van der Waals surface area contributed by atoms with Crippen LogP contribution in [0.3, 0.4) is 0 Å². The number of hydrogen-bond donors (Lipinski definition) is 1. The maximum Gasteiger partial charge on any atom is 0.229 e. The average Bonchev–Trinajstić information content (AvgIpc) is 2.32. The third kappa shape index (κ3) is 4.56. The average molecular weight is 358 g/mol. The van der Waals surface area contributed by atoms with Gasteiger partial charge in [-0.05, 0) is 46.3 Å². The van der Waals surface area contributed by atoms with Gasteiger partial charge in [-0.2, -0.15) is 0 Å². The molecule has 0 atom stereocenters. The Labute approximate surface area is 125 Å². The van der Waals surface area contributed by atoms with E-state index in [0.29, 0.717) is 5.69 Å². The molecule has 0 unspecified atom stereocenters. The van der Waals surface area contributed by atoms with Crippen LogP contribution in [0.4, 0.5) is 5.69 Å². The molecule has 0 aliphatic heterocycles. The highest BCUT2D eigenvalue weighted by molar-refractivity contribution is 9.10. The van der Waals surface area contributed by atoms with Crippen LogP contribution in [0.1, 0.15) is 0 Å². The molecule has 1 N–H and O–H groups in total. The summed E-state index contributed by atoms with van der Waals surface area (Å²) in [6, 6.07) is 15.4. The number of hydrogen-bond acceptors (Lipinski definition) is 3. The molecule has 0 fully saturated rings. The van der Waals surface area contributed by atoms with Crippen molar-refractivity contribution in [1.82, 2.24) is 0 Å². The van der Waals surface area contributed by atoms with Gasteiger partial charge in [-0.25, -0.2) is 8.42 Å². The van der Waals surface area contributed by atoms with E-state index in [9.17, 15) is 8.42 Å². The van der Waals surface area contributed by atoms with E-state index < -0.39 is 10.0 Å². The van der Waals surface area contributed by atoms with Gasteiger partial charge in [0.1, 0.15) is 0 Å². The van der Waals surface area contributed by atoms with Crippen LogP contribution in [0.5, 0.6) is 0 Å². The predicted molar refractivity (Wildman–Crippen MR) is 83.2 cm³/mol. The summed E-state index contributed by atoms with van der Waals surface area (Å²) in [5.41, 5.74) is 0.548. The summed E-state index contributed by atoms with van der Waals surface area (Å²) in [6.07, 6.45) is 1.13. The van der Waals surface area contributed by atoms with E-state index in [4.69, 9.17) is 0 Å². The van der Waals surface area contributed by atoms with Crippen molar-refractivity contribution in [3.63, 3.8) is 0 Å². The molecule has 0 saturated carbocycles. The predicted octanol–water partition coefficient (Wildman–Crippen LogP) is 3.97. The minimum absolute atomic E-state index is 0.548. The Balaban J connectivity index is 2.20. The van der Waals surface area contributed by atoms with Crippen molar-refractivity contribution in [2.75, 3.05) is 11.0 Å². The molecule has 19 heavy (non-hydrogen) atoms. The fourth-order valence-electron chi connectivity index (χ4n) is 1.48. The number of sulfonamides is 1. The molecular formula is C13H12BrNO2S2. The number of halogens is 1. The van der Waals surface area contributed by atoms with Gasteiger partial charge < -0.3 is 0 Å². The van der Waals surface area contributed by atoms with Gasteiger partial charge in [0.05, 0.1) is 6.26 Å². The Morgan fingerprint density at radius 1 is 1.11 bits per heavy atom. The van der Waals surface area contributed by atoms with Crippen molar-refractivity contribution in [2.24, 2.45) is 0 Å². The Kier molecular flexibility index (Phi) is 4.54. The number of nitrogens with one attached hydrogen (secondary N) is 1. The summed E-state index contributed by atoms with van der Waals surface area (Å²) in [5.74, 6) is 0. The van der Waals surface area contributed by atoms with Crippen molar-refractivity contribution in [3.8, 4) is 0 Å². The van der Waals surface area contributed by atoms with Crippen molar-refractivity contribution in [2.45, 2.75) is 9.79 Å². The molecule has 2 rings (SSSR count). The van der Waals surface area contributed by atoms with Crippen LogP contribution in [0, 0.1) is 0 Å². The minimum Gasteiger partial charge on any atom is -0.284 e. The fourth-order valence-corrected chi connectivity index (χ4v) is 3.49. The first-order valence-electron chi connectivity index (χ1n) is 5.44. The van der Waals surface area contributed by atoms with Gasteiger partial charge in [-0.1, -0.05) is 30.0 Å². The van der Waals surface area contributed by atoms with Crippen LogP contribution in [0.25, 0.3) is 0 Å². The Hall–Kier alpha value is -0.980. The third-order valence-corrected chi connectivity index (χ3v) is 4.81. The molecule has 0 aromatic heterocycles. The van der Waals surface area contributed by atoms with E-state index >= 15 is 0 Å². The zero-order valence-electron chi connectivity index (χ0n) is 10.1. The molecule has 0 spiro atoms. The summed E-state index contributed by atoms with van der Waals surface area (Å²) in [4.78, 5) is 2.16. The van der Waals surface area contributed by atoms with Crippen molar-refractivity contribution < 1.29 is 8.42 Å². The quantitative estimate of drug-likeness (QED) is 0.900. The third-order valence-electron chi connectivity index (χ3n) is 2.21. The van der Waals surface area contributed by atoms with Crippen LogP contribution >= 0.6 is 27.7 Å². The van der Waals surface area contributed by atoms with E-state index in [1.807, 2.05) is 36.4 Å². The monoisotopic (exact) mass is 357 g/mol. The SMILES string of the molecule is CS(=O)(=O)Nc1ccc(Sc2ccccc2)c(Br)c1. The van der Waals surface area contributed by atoms with Gasteiger partial charge in [0.15, 0.2) is 0 Å². The highest BCUT2D eigenvalue weighted by atomic mass is 79.9. The Bertz CT molecular complexity index is 672. The van der Waals surface area contributed by atoms with E-state index in [1.54, 1.807) is 23.9 Å². The van der Waals surface area contributed by atoms with Gasteiger partial charge in [0.2, 0.25) is 10.0 Å². The van der Waals surface area contributed by atoms with Crippen LogP contribution in [-0.2, 0) is 10.0 Å². The first kappa shape index (κ1) is 14.4. The van der Waals surface area contributed by atoms with Gasteiger partial charge in [0.25, 0.3) is 0 Å². The fraction of sp³-hybridized carbons (Fsp3) is 0.0769. The van der Waals surface area contributed by atoms with Gasteiger partial charge in [-0.3, -0.25) is 4.72 Å². The van der Waals surface area contributed by atoms with Crippen LogP contribution < -0.4 is 4.72 Å². The van der Waals surface area contributed by atoms with Crippen LogP contribution in [0.15, 0.2) is 62.8 Å². The lowest BCUT2D eigenvalue weighted by atomic mass is 10.3. The molecule has 3 nitrogen and oxygen atoms in total. The number of anilines is 1. The highest BCUT2D eigenvalue weighted by Crippen LogP contribution is 2.34. The molecule has 0 radical (unpaired) electrons. The molecule has 0 heterocycles. The number of benzene rings is 2. The molecular weight excluding hydrogens is 346 g/mol. The molecule has 0 bridgehead atoms. The first-order chi connectivity index (χ1) is 8.94. The second-order valence-electron chi connectivity index (χ2n) is 3.93. The standard InChI is InChI=1S/C13H12BrNO2S2/c1-19(16,17)15-10-7-8-13(12(14)9-10)18-11-5-3-2-4-6-11/h2-9,15H,1H3. The molecule has 0 saturated heterocycles. The second-order valence-corrected chi connectivity index (χ2v) is 7.65. The second kappa shape index (κ2) is 5.98. The zero-order valence-corrected chi connectivity index (χ0v) is 13.3. The van der Waals surface area contributed by atoms with Gasteiger partial charge in [0, 0.05) is 20.0 Å². The topological polar surface area (TPSA) is 46.2 Å². The maximum atomic E-state index is 11.2. The summed E-state index contributed by atoms with van der Waals surface area (Å²) < 4.78 is 25.6. The smallest absolute Gasteiger partial charge is 0.229 e. The van der Waals surface area contributed by atoms with Crippen molar-refractivity contribution >= 4 is 43.4 Å². The van der Waals surface area contributed by atoms with Crippen LogP contribution in [0.2, 0.25) is 0 Å². The highest BCUT2D eigenvalue weighted by Gasteiger charge is 2.06. The molecule has 6 heteroatoms. The van der Waals surface area contributed by atoms with E-state index in [2.05, 4.69) is 20.7 Å². The largest absolute Gasteiger partial charge is 0.284 e. The van der Waals surface area contributed by atoms with E-state index in [0.717, 1.165) is 20.5 Å². The van der Waals surface area contributed by atoms with E-state index in [-0.39, 0.29) is 0 Å². The number of rotatable bonds is 4. The molecule has 100 valence electrons. The first-order valence-corrected chi connectivity index (χ1v) is 8.94. The maximum absolute atomic E-state index is 11.2. The lowest BCUT2D eigenvalue weighted by molar-refractivity contribution is 0.607. The molecule has 2 aromatic rings. The summed E-state index contributed by atoms with van der Waals surface area (Å²) in [6.45, 7) is 0. The Morgan fingerprint density at radius 3 is 2.37 bits per heavy atom. The van der Waals surface area contributed by atoms with E-state index in [1.165, 1.54) is 0 Å². The van der Waals surface area contributed by atoms with Gasteiger partial charge in [-0.15, -0.1) is 0 Å². The molecule has 2 aromatic carbocycles. The molecule has 0 aliphatic carbocycles. The summed E-state index contributed by atoms with van der Waals surface area (Å²) in [7, 11) is -3.24. The normalized spacial score (nSPS) is 11.3. The van der Waals surface area contributed by atoms with Gasteiger partial charge >= 0.3 is 0 Å². The summed E-state index contributed by atoms with van der Waals surface area (Å²) >= 11 is 5.07. The minimum atomic E-state index is -3.24. The molecule has 0 aliphatic rings. The van der Waals surface area contributed by atoms with Crippen molar-refractivity contribution in [3.05, 3.63) is 53.0 Å². The molecule has 0 amide bonds. The lowest BCUT2D eigenvalue weighted by Crippen LogP contribution is -2.09. The summed E-state index contributed by atoms with van der Waals surface area (Å²) in [5, 5.41) is 0. The Morgan fingerprint density at radius 2 is 1.79 bits per heavy atom. The zero-order chi connectivity index (χ0) is 13.9. The van der Waals surface area contributed by atoms with Crippen LogP contribution in [-0.4, -0.2) is 14.7 Å². The lowest BCUT2D eigenvalue weighted by Gasteiger charge is -2.08.